The first kappa shape index (κ1) is 15.0. The Hall–Kier alpha value is -1.02. The van der Waals surface area contributed by atoms with Gasteiger partial charge in [0.2, 0.25) is 0 Å². The third-order valence-corrected chi connectivity index (χ3v) is 3.44. The van der Waals surface area contributed by atoms with Gasteiger partial charge in [-0.15, -0.1) is 0 Å². The van der Waals surface area contributed by atoms with Crippen LogP contribution < -0.4 is 10.1 Å². The molecule has 1 N–H and O–H groups in total. The van der Waals surface area contributed by atoms with E-state index in [4.69, 9.17) is 4.74 Å². The molecule has 2 nitrogen and oxygen atoms in total. The number of benzene rings is 1. The Labute approximate surface area is 112 Å². The second-order valence-corrected chi connectivity index (χ2v) is 5.24. The molecule has 0 heterocycles. The van der Waals surface area contributed by atoms with Crippen molar-refractivity contribution >= 4 is 0 Å². The van der Waals surface area contributed by atoms with E-state index in [2.05, 4.69) is 51.2 Å². The van der Waals surface area contributed by atoms with E-state index in [-0.39, 0.29) is 0 Å². The fourth-order valence-electron chi connectivity index (χ4n) is 2.08. The van der Waals surface area contributed by atoms with Crippen molar-refractivity contribution in [1.82, 2.24) is 5.32 Å². The highest BCUT2D eigenvalue weighted by Gasteiger charge is 2.07. The SMILES string of the molecule is CCCC(C)COc1ccc(C(C)NC)cc1C. The summed E-state index contributed by atoms with van der Waals surface area (Å²) in [6.45, 7) is 9.56. The van der Waals surface area contributed by atoms with Crippen molar-refractivity contribution in [3.8, 4) is 5.75 Å². The summed E-state index contributed by atoms with van der Waals surface area (Å²) in [5, 5.41) is 3.25. The number of ether oxygens (including phenoxy) is 1. The van der Waals surface area contributed by atoms with Crippen LogP contribution in [0.2, 0.25) is 0 Å². The molecule has 0 aromatic heterocycles. The Morgan fingerprint density at radius 3 is 2.56 bits per heavy atom. The fourth-order valence-corrected chi connectivity index (χ4v) is 2.08. The molecule has 1 aromatic carbocycles. The zero-order chi connectivity index (χ0) is 13.5. The van der Waals surface area contributed by atoms with E-state index < -0.39 is 0 Å². The molecule has 0 aliphatic heterocycles. The topological polar surface area (TPSA) is 21.3 Å². The molecule has 0 radical (unpaired) electrons. The van der Waals surface area contributed by atoms with E-state index in [1.165, 1.54) is 24.0 Å². The van der Waals surface area contributed by atoms with E-state index in [1.807, 2.05) is 7.05 Å². The average molecular weight is 249 g/mol. The Bertz CT molecular complexity index is 362. The normalized spacial score (nSPS) is 14.3. The maximum atomic E-state index is 5.90. The summed E-state index contributed by atoms with van der Waals surface area (Å²) < 4.78 is 5.90. The number of rotatable bonds is 7. The van der Waals surface area contributed by atoms with Gasteiger partial charge in [-0.05, 0) is 50.4 Å². The van der Waals surface area contributed by atoms with Gasteiger partial charge in [0, 0.05) is 6.04 Å². The van der Waals surface area contributed by atoms with Crippen LogP contribution in [-0.4, -0.2) is 13.7 Å². The van der Waals surface area contributed by atoms with Crippen LogP contribution >= 0.6 is 0 Å². The first-order chi connectivity index (χ1) is 8.58. The molecule has 1 aromatic rings. The summed E-state index contributed by atoms with van der Waals surface area (Å²) >= 11 is 0. The van der Waals surface area contributed by atoms with Gasteiger partial charge < -0.3 is 10.1 Å². The molecule has 0 fully saturated rings. The van der Waals surface area contributed by atoms with Crippen LogP contribution in [0.25, 0.3) is 0 Å². The second-order valence-electron chi connectivity index (χ2n) is 5.24. The van der Waals surface area contributed by atoms with Crippen molar-refractivity contribution in [3.63, 3.8) is 0 Å². The van der Waals surface area contributed by atoms with Crippen LogP contribution in [0.1, 0.15) is 50.8 Å². The molecule has 1 rings (SSSR count). The van der Waals surface area contributed by atoms with Gasteiger partial charge in [0.25, 0.3) is 0 Å². The van der Waals surface area contributed by atoms with Crippen molar-refractivity contribution in [1.29, 1.82) is 0 Å². The lowest BCUT2D eigenvalue weighted by Crippen LogP contribution is -2.13. The molecular formula is C16H27NO. The zero-order valence-electron chi connectivity index (χ0n) is 12.4. The maximum absolute atomic E-state index is 5.90. The van der Waals surface area contributed by atoms with Crippen molar-refractivity contribution in [3.05, 3.63) is 29.3 Å². The van der Waals surface area contributed by atoms with E-state index in [9.17, 15) is 0 Å². The average Bonchev–Trinajstić information content (AvgIpc) is 2.36. The lowest BCUT2D eigenvalue weighted by atomic mass is 10.0. The lowest BCUT2D eigenvalue weighted by molar-refractivity contribution is 0.250. The highest BCUT2D eigenvalue weighted by molar-refractivity contribution is 5.37. The number of hydrogen-bond donors (Lipinski definition) is 1. The monoisotopic (exact) mass is 249 g/mol. The van der Waals surface area contributed by atoms with Crippen LogP contribution in [0.5, 0.6) is 5.75 Å². The summed E-state index contributed by atoms with van der Waals surface area (Å²) in [7, 11) is 1.98. The van der Waals surface area contributed by atoms with Crippen molar-refractivity contribution in [2.45, 2.75) is 46.6 Å². The molecule has 2 heteroatoms. The number of aryl methyl sites for hydroxylation is 1. The van der Waals surface area contributed by atoms with Crippen molar-refractivity contribution < 1.29 is 4.74 Å². The van der Waals surface area contributed by atoms with Crippen LogP contribution in [0, 0.1) is 12.8 Å². The Balaban J connectivity index is 2.62. The molecule has 0 saturated carbocycles. The van der Waals surface area contributed by atoms with E-state index in [0.717, 1.165) is 12.4 Å². The number of hydrogen-bond acceptors (Lipinski definition) is 2. The van der Waals surface area contributed by atoms with E-state index >= 15 is 0 Å². The van der Waals surface area contributed by atoms with Crippen molar-refractivity contribution in [2.24, 2.45) is 5.92 Å². The second kappa shape index (κ2) is 7.42. The third-order valence-electron chi connectivity index (χ3n) is 3.44. The van der Waals surface area contributed by atoms with Crippen molar-refractivity contribution in [2.75, 3.05) is 13.7 Å². The predicted octanol–water partition coefficient (Wildman–Crippen LogP) is 4.09. The number of nitrogens with one attached hydrogen (secondary N) is 1. The summed E-state index contributed by atoms with van der Waals surface area (Å²) in [5.41, 5.74) is 2.53. The predicted molar refractivity (Wildman–Crippen MR) is 78.2 cm³/mol. The molecule has 0 aliphatic rings. The van der Waals surface area contributed by atoms with E-state index in [1.54, 1.807) is 0 Å². The van der Waals surface area contributed by atoms with Gasteiger partial charge in [-0.3, -0.25) is 0 Å². The molecule has 0 spiro atoms. The zero-order valence-corrected chi connectivity index (χ0v) is 12.4. The lowest BCUT2D eigenvalue weighted by Gasteiger charge is -2.16. The smallest absolute Gasteiger partial charge is 0.122 e. The Morgan fingerprint density at radius 2 is 2.00 bits per heavy atom. The Morgan fingerprint density at radius 1 is 1.28 bits per heavy atom. The molecule has 2 atom stereocenters. The molecule has 102 valence electrons. The maximum Gasteiger partial charge on any atom is 0.122 e. The van der Waals surface area contributed by atoms with E-state index in [0.29, 0.717) is 12.0 Å². The molecule has 2 unspecified atom stereocenters. The fraction of sp³-hybridized carbons (Fsp3) is 0.625. The highest BCUT2D eigenvalue weighted by atomic mass is 16.5. The molecule has 18 heavy (non-hydrogen) atoms. The summed E-state index contributed by atoms with van der Waals surface area (Å²) in [6.07, 6.45) is 2.45. The van der Waals surface area contributed by atoms with Crippen LogP contribution in [0.3, 0.4) is 0 Å². The minimum Gasteiger partial charge on any atom is -0.493 e. The van der Waals surface area contributed by atoms with Gasteiger partial charge in [-0.25, -0.2) is 0 Å². The molecule has 0 bridgehead atoms. The molecule has 0 amide bonds. The summed E-state index contributed by atoms with van der Waals surface area (Å²) in [5.74, 6) is 1.65. The standard InChI is InChI=1S/C16H27NO/c1-6-7-12(2)11-18-16-9-8-15(10-13(16)3)14(4)17-5/h8-10,12,14,17H,6-7,11H2,1-5H3. The molecule has 0 aliphatic carbocycles. The van der Waals surface area contributed by atoms with Gasteiger partial charge in [0.15, 0.2) is 0 Å². The largest absolute Gasteiger partial charge is 0.493 e. The van der Waals surface area contributed by atoms with Crippen LogP contribution in [0.4, 0.5) is 0 Å². The van der Waals surface area contributed by atoms with Gasteiger partial charge >= 0.3 is 0 Å². The van der Waals surface area contributed by atoms with Gasteiger partial charge in [0.05, 0.1) is 6.61 Å². The van der Waals surface area contributed by atoms with Crippen LogP contribution in [-0.2, 0) is 0 Å². The van der Waals surface area contributed by atoms with Gasteiger partial charge in [-0.1, -0.05) is 32.4 Å². The third kappa shape index (κ3) is 4.34. The summed E-state index contributed by atoms with van der Waals surface area (Å²) in [6, 6.07) is 6.84. The minimum atomic E-state index is 0.386. The van der Waals surface area contributed by atoms with Gasteiger partial charge in [0.1, 0.15) is 5.75 Å². The Kier molecular flexibility index (Phi) is 6.20. The molecule has 0 saturated heterocycles. The summed E-state index contributed by atoms with van der Waals surface area (Å²) in [4.78, 5) is 0. The highest BCUT2D eigenvalue weighted by Crippen LogP contribution is 2.23. The quantitative estimate of drug-likeness (QED) is 0.786. The first-order valence-electron chi connectivity index (χ1n) is 6.99. The van der Waals surface area contributed by atoms with Crippen LogP contribution in [0.15, 0.2) is 18.2 Å². The molecular weight excluding hydrogens is 222 g/mol. The first-order valence-corrected chi connectivity index (χ1v) is 6.99. The minimum absolute atomic E-state index is 0.386. The van der Waals surface area contributed by atoms with Gasteiger partial charge in [-0.2, -0.15) is 0 Å².